The monoisotopic (exact) mass is 283 g/mol. The Kier molecular flexibility index (Phi) is 5.67. The molecule has 0 aliphatic rings. The summed E-state index contributed by atoms with van der Waals surface area (Å²) >= 11 is 0. The topological polar surface area (TPSA) is 94.9 Å². The first-order chi connectivity index (χ1) is 8.60. The quantitative estimate of drug-likeness (QED) is 0.652. The van der Waals surface area contributed by atoms with Crippen molar-refractivity contribution < 1.29 is 24.1 Å². The average molecular weight is 283 g/mol. The van der Waals surface area contributed by atoms with E-state index in [1.165, 1.54) is 24.3 Å². The first-order valence-electron chi connectivity index (χ1n) is 4.57. The number of carboxylic acids is 1. The van der Waals surface area contributed by atoms with Crippen LogP contribution < -0.4 is 0 Å². The number of nitrogens with zero attached hydrogens (tertiary/aromatic N) is 1. The molecule has 1 aromatic carbocycles. The number of benzene rings is 1. The molecule has 0 aliphatic heterocycles. The second-order valence-electron chi connectivity index (χ2n) is 3.08. The van der Waals surface area contributed by atoms with Crippen molar-refractivity contribution in [2.75, 3.05) is 0 Å². The summed E-state index contributed by atoms with van der Waals surface area (Å²) < 4.78 is 20.9. The molecule has 1 aromatic rings. The van der Waals surface area contributed by atoms with Crippen molar-refractivity contribution in [3.05, 3.63) is 29.8 Å². The number of carboxylic acid groups (broad SMARTS) is 1. The van der Waals surface area contributed by atoms with Crippen LogP contribution in [0.3, 0.4) is 0 Å². The Labute approximate surface area is 104 Å². The van der Waals surface area contributed by atoms with Gasteiger partial charge in [-0.15, -0.1) is 0 Å². The second kappa shape index (κ2) is 7.03. The Balaban J connectivity index is 3.29. The molecule has 0 aromatic heterocycles. The van der Waals surface area contributed by atoms with Crippen molar-refractivity contribution >= 4 is 21.8 Å². The Morgan fingerprint density at radius 3 is 2.06 bits per heavy atom. The van der Waals surface area contributed by atoms with Crippen LogP contribution in [0.5, 0.6) is 5.75 Å². The normalized spacial score (nSPS) is 11.2. The van der Waals surface area contributed by atoms with E-state index in [1.807, 2.05) is 0 Å². The molecule has 6 nitrogen and oxygen atoms in total. The molecule has 0 amide bonds. The SMILES string of the molecule is O=P#CN(C#P=O)C(C(=O)O)c1ccc(O)cc1. The summed E-state index contributed by atoms with van der Waals surface area (Å²) in [6.45, 7) is 0. The van der Waals surface area contributed by atoms with Gasteiger partial charge in [0.1, 0.15) is 0 Å². The number of aliphatic carboxylic acids is 1. The van der Waals surface area contributed by atoms with E-state index in [2.05, 4.69) is 11.5 Å². The van der Waals surface area contributed by atoms with Crippen molar-refractivity contribution in [1.82, 2.24) is 4.90 Å². The predicted molar refractivity (Wildman–Crippen MR) is 63.3 cm³/mol. The molecule has 92 valence electrons. The Morgan fingerprint density at radius 2 is 1.67 bits per heavy atom. The van der Waals surface area contributed by atoms with Gasteiger partial charge in [-0.3, -0.25) is 0 Å². The molecule has 0 saturated carbocycles. The summed E-state index contributed by atoms with van der Waals surface area (Å²) in [6, 6.07) is 4.12. The van der Waals surface area contributed by atoms with Crippen LogP contribution in [0.15, 0.2) is 24.3 Å². The fourth-order valence-corrected chi connectivity index (χ4v) is 1.87. The van der Waals surface area contributed by atoms with Crippen molar-refractivity contribution in [3.8, 4) is 17.3 Å². The molecule has 8 heteroatoms. The maximum absolute atomic E-state index is 11.2. The molecule has 1 atom stereocenters. The van der Waals surface area contributed by atoms with Gasteiger partial charge in [-0.25, -0.2) is 0 Å². The zero-order valence-corrected chi connectivity index (χ0v) is 10.6. The van der Waals surface area contributed by atoms with Gasteiger partial charge in [-0.1, -0.05) is 0 Å². The molecule has 1 unspecified atom stereocenters. The van der Waals surface area contributed by atoms with Gasteiger partial charge in [-0.05, 0) is 0 Å². The van der Waals surface area contributed by atoms with Crippen molar-refractivity contribution in [3.63, 3.8) is 0 Å². The van der Waals surface area contributed by atoms with E-state index in [9.17, 15) is 13.9 Å². The molecule has 0 radical (unpaired) electrons. The third kappa shape index (κ3) is 3.75. The van der Waals surface area contributed by atoms with E-state index in [0.717, 1.165) is 4.90 Å². The third-order valence-corrected chi connectivity index (χ3v) is 2.59. The Hall–Kier alpha value is -1.53. The van der Waals surface area contributed by atoms with E-state index in [0.29, 0.717) is 5.56 Å². The van der Waals surface area contributed by atoms with Gasteiger partial charge in [-0.2, -0.15) is 0 Å². The number of phenols is 1. The van der Waals surface area contributed by atoms with Crippen LogP contribution in [0.2, 0.25) is 0 Å². The van der Waals surface area contributed by atoms with Crippen LogP contribution in [-0.2, 0) is 13.9 Å². The summed E-state index contributed by atoms with van der Waals surface area (Å²) in [5.74, 6) is 3.06. The molecular formula is C10H7NO5P2. The molecule has 0 aliphatic carbocycles. The first-order valence-corrected chi connectivity index (χ1v) is 6.19. The Bertz CT molecular complexity index is 618. The van der Waals surface area contributed by atoms with Gasteiger partial charge in [0.15, 0.2) is 0 Å². The van der Waals surface area contributed by atoms with E-state index in [-0.39, 0.29) is 5.75 Å². The number of hydrogen-bond donors (Lipinski definition) is 2. The number of rotatable bonds is 3. The first kappa shape index (κ1) is 14.5. The fourth-order valence-electron chi connectivity index (χ4n) is 1.28. The molecule has 1 rings (SSSR count). The summed E-state index contributed by atoms with van der Waals surface area (Å²) in [7, 11) is -1.12. The molecule has 0 heterocycles. The number of aromatic hydroxyl groups is 1. The van der Waals surface area contributed by atoms with Gasteiger partial charge >= 0.3 is 104 Å². The van der Waals surface area contributed by atoms with Crippen LogP contribution in [0.4, 0.5) is 0 Å². The fraction of sp³-hybridized carbons (Fsp3) is 0.100. The molecule has 0 bridgehead atoms. The summed E-state index contributed by atoms with van der Waals surface area (Å²) in [4.78, 5) is 12.0. The van der Waals surface area contributed by atoms with E-state index >= 15 is 0 Å². The molecule has 18 heavy (non-hydrogen) atoms. The zero-order chi connectivity index (χ0) is 13.5. The predicted octanol–water partition coefficient (Wildman–Crippen LogP) is 2.24. The van der Waals surface area contributed by atoms with Crippen LogP contribution in [0, 0.1) is 11.5 Å². The molecule has 0 fully saturated rings. The summed E-state index contributed by atoms with van der Waals surface area (Å²) in [5, 5.41) is 18.3. The minimum atomic E-state index is -1.27. The van der Waals surface area contributed by atoms with E-state index in [4.69, 9.17) is 10.2 Å². The van der Waals surface area contributed by atoms with Gasteiger partial charge in [0.25, 0.3) is 0 Å². The number of phenolic OH excluding ortho intramolecular Hbond substituents is 1. The minimum absolute atomic E-state index is 0.0146. The van der Waals surface area contributed by atoms with Crippen LogP contribution in [0.25, 0.3) is 0 Å². The average Bonchev–Trinajstić information content (AvgIpc) is 2.32. The van der Waals surface area contributed by atoms with Gasteiger partial charge < -0.3 is 0 Å². The second-order valence-corrected chi connectivity index (χ2v) is 3.85. The Morgan fingerprint density at radius 1 is 1.17 bits per heavy atom. The maximum atomic E-state index is 11.2. The molecule has 0 saturated heterocycles. The summed E-state index contributed by atoms with van der Waals surface area (Å²) in [6.07, 6.45) is 0. The molecule has 0 spiro atoms. The molecule has 2 N–H and O–H groups in total. The third-order valence-electron chi connectivity index (χ3n) is 2.00. The van der Waals surface area contributed by atoms with Crippen molar-refractivity contribution in [2.45, 2.75) is 6.04 Å². The zero-order valence-electron chi connectivity index (χ0n) is 8.85. The van der Waals surface area contributed by atoms with Gasteiger partial charge in [0.05, 0.1) is 0 Å². The van der Waals surface area contributed by atoms with Gasteiger partial charge in [0, 0.05) is 0 Å². The van der Waals surface area contributed by atoms with Crippen LogP contribution in [0.1, 0.15) is 11.6 Å². The summed E-state index contributed by atoms with van der Waals surface area (Å²) in [5.41, 5.74) is 0.299. The van der Waals surface area contributed by atoms with Crippen LogP contribution >= 0.6 is 15.8 Å². The van der Waals surface area contributed by atoms with Crippen LogP contribution in [-0.4, -0.2) is 21.1 Å². The number of hydrogen-bond acceptors (Lipinski definition) is 5. The van der Waals surface area contributed by atoms with Crippen molar-refractivity contribution in [2.24, 2.45) is 0 Å². The number of carbonyl (C=O) groups is 1. The van der Waals surface area contributed by atoms with Crippen molar-refractivity contribution in [1.29, 1.82) is 0 Å². The van der Waals surface area contributed by atoms with Gasteiger partial charge in [0.2, 0.25) is 0 Å². The van der Waals surface area contributed by atoms with E-state index in [1.54, 1.807) is 0 Å². The molecular weight excluding hydrogens is 276 g/mol. The standard InChI is InChI=1S/C10H7NO5P2/c12-8-3-1-7(2-4-8)9(10(13)14)11(5-17-15)6-18-16/h1-4,9,12H,(H,13,14). The van der Waals surface area contributed by atoms with E-state index < -0.39 is 27.8 Å².